The number of nitrogens with one attached hydrogen (secondary N) is 1. The van der Waals surface area contributed by atoms with E-state index in [2.05, 4.69) is 26.3 Å². The summed E-state index contributed by atoms with van der Waals surface area (Å²) in [6.07, 6.45) is 2.50. The highest BCUT2D eigenvalue weighted by molar-refractivity contribution is 9.10. The molecule has 0 saturated carbocycles. The molecule has 2 amide bonds. The van der Waals surface area contributed by atoms with Crippen LogP contribution in [0.2, 0.25) is 0 Å². The minimum atomic E-state index is -0.172. The van der Waals surface area contributed by atoms with Crippen molar-refractivity contribution < 1.29 is 9.59 Å². The number of amides is 2. The molecule has 0 spiro atoms. The number of imide groups is 1. The van der Waals surface area contributed by atoms with Gasteiger partial charge in [0, 0.05) is 25.8 Å². The van der Waals surface area contributed by atoms with E-state index in [1.165, 1.54) is 0 Å². The maximum atomic E-state index is 11.7. The van der Waals surface area contributed by atoms with E-state index in [0.29, 0.717) is 19.3 Å². The Kier molecular flexibility index (Phi) is 3.85. The molecule has 0 aromatic carbocycles. The van der Waals surface area contributed by atoms with Gasteiger partial charge in [0.05, 0.1) is 15.9 Å². The van der Waals surface area contributed by atoms with Gasteiger partial charge in [0.2, 0.25) is 11.8 Å². The summed E-state index contributed by atoms with van der Waals surface area (Å²) < 4.78 is 2.80. The molecule has 1 aliphatic heterocycles. The highest BCUT2D eigenvalue weighted by Gasteiger charge is 2.28. The Morgan fingerprint density at radius 3 is 2.78 bits per heavy atom. The van der Waals surface area contributed by atoms with Gasteiger partial charge in [0.25, 0.3) is 0 Å². The standard InChI is InChI=1S/C12H16BrN3O2/c1-3-8-11(13)9(16(2)15-8)6-7-4-5-10(17)14-12(7)18/h7H,3-6H2,1-2H3,(H,14,17,18). The molecule has 2 rings (SSSR count). The molecule has 1 aliphatic rings. The Hall–Kier alpha value is -1.17. The van der Waals surface area contributed by atoms with E-state index in [4.69, 9.17) is 0 Å². The summed E-state index contributed by atoms with van der Waals surface area (Å²) in [6.45, 7) is 2.04. The van der Waals surface area contributed by atoms with Crippen LogP contribution in [0, 0.1) is 5.92 Å². The third kappa shape index (κ3) is 2.48. The largest absolute Gasteiger partial charge is 0.296 e. The van der Waals surface area contributed by atoms with Gasteiger partial charge in [-0.1, -0.05) is 6.92 Å². The van der Waals surface area contributed by atoms with Crippen LogP contribution in [0.5, 0.6) is 0 Å². The maximum absolute atomic E-state index is 11.7. The van der Waals surface area contributed by atoms with Crippen LogP contribution >= 0.6 is 15.9 Å². The summed E-state index contributed by atoms with van der Waals surface area (Å²) in [7, 11) is 1.88. The summed E-state index contributed by atoms with van der Waals surface area (Å²) in [5, 5.41) is 6.79. The van der Waals surface area contributed by atoms with Crippen molar-refractivity contribution in [2.45, 2.75) is 32.6 Å². The van der Waals surface area contributed by atoms with E-state index in [0.717, 1.165) is 22.3 Å². The number of nitrogens with zero attached hydrogens (tertiary/aromatic N) is 2. The van der Waals surface area contributed by atoms with Crippen molar-refractivity contribution in [3.8, 4) is 0 Å². The molecule has 1 unspecified atom stereocenters. The number of halogens is 1. The van der Waals surface area contributed by atoms with Crippen LogP contribution in [-0.4, -0.2) is 21.6 Å². The molecule has 2 heterocycles. The third-order valence-electron chi connectivity index (χ3n) is 3.30. The summed E-state index contributed by atoms with van der Waals surface area (Å²) in [6, 6.07) is 0. The van der Waals surface area contributed by atoms with E-state index in [-0.39, 0.29) is 17.7 Å². The van der Waals surface area contributed by atoms with Gasteiger partial charge in [0.15, 0.2) is 0 Å². The van der Waals surface area contributed by atoms with Gasteiger partial charge < -0.3 is 0 Å². The number of hydrogen-bond donors (Lipinski definition) is 1. The number of aromatic nitrogens is 2. The molecule has 0 radical (unpaired) electrons. The highest BCUT2D eigenvalue weighted by Crippen LogP contribution is 2.26. The lowest BCUT2D eigenvalue weighted by molar-refractivity contribution is -0.136. The first-order valence-corrected chi connectivity index (χ1v) is 6.86. The number of carbonyl (C=O) groups excluding carboxylic acids is 2. The van der Waals surface area contributed by atoms with Crippen LogP contribution in [0.3, 0.4) is 0 Å². The minimum absolute atomic E-state index is 0.140. The molecular weight excluding hydrogens is 298 g/mol. The SMILES string of the molecule is CCc1nn(C)c(CC2CCC(=O)NC2=O)c1Br. The summed E-state index contributed by atoms with van der Waals surface area (Å²) in [4.78, 5) is 22.8. The molecule has 0 aliphatic carbocycles. The maximum Gasteiger partial charge on any atom is 0.230 e. The molecular formula is C12H16BrN3O2. The molecule has 98 valence electrons. The van der Waals surface area contributed by atoms with Crippen molar-refractivity contribution in [3.05, 3.63) is 15.9 Å². The molecule has 6 heteroatoms. The fourth-order valence-electron chi connectivity index (χ4n) is 2.21. The molecule has 1 atom stereocenters. The first-order valence-electron chi connectivity index (χ1n) is 6.06. The first-order chi connectivity index (χ1) is 8.52. The van der Waals surface area contributed by atoms with E-state index < -0.39 is 0 Å². The zero-order valence-corrected chi connectivity index (χ0v) is 12.1. The van der Waals surface area contributed by atoms with Gasteiger partial charge in [-0.25, -0.2) is 0 Å². The normalized spacial score (nSPS) is 20.1. The Morgan fingerprint density at radius 2 is 2.22 bits per heavy atom. The number of aryl methyl sites for hydroxylation is 2. The number of hydrogen-bond acceptors (Lipinski definition) is 3. The van der Waals surface area contributed by atoms with Crippen molar-refractivity contribution in [2.75, 3.05) is 0 Å². The fourth-order valence-corrected chi connectivity index (χ4v) is 2.99. The zero-order chi connectivity index (χ0) is 13.3. The van der Waals surface area contributed by atoms with Crippen LogP contribution in [0.1, 0.15) is 31.2 Å². The average molecular weight is 314 g/mol. The second-order valence-corrected chi connectivity index (χ2v) is 5.33. The van der Waals surface area contributed by atoms with Crippen molar-refractivity contribution in [1.29, 1.82) is 0 Å². The second-order valence-electron chi connectivity index (χ2n) is 4.54. The van der Waals surface area contributed by atoms with E-state index in [1.54, 1.807) is 0 Å². The van der Waals surface area contributed by atoms with Crippen molar-refractivity contribution in [2.24, 2.45) is 13.0 Å². The van der Waals surface area contributed by atoms with Gasteiger partial charge >= 0.3 is 0 Å². The Balaban J connectivity index is 2.17. The van der Waals surface area contributed by atoms with Crippen LogP contribution in [0.25, 0.3) is 0 Å². The van der Waals surface area contributed by atoms with Crippen LogP contribution in [0.15, 0.2) is 4.47 Å². The summed E-state index contributed by atoms with van der Waals surface area (Å²) in [5.41, 5.74) is 2.01. The third-order valence-corrected chi connectivity index (χ3v) is 4.21. The molecule has 18 heavy (non-hydrogen) atoms. The summed E-state index contributed by atoms with van der Waals surface area (Å²) in [5.74, 6) is -0.480. The lowest BCUT2D eigenvalue weighted by Gasteiger charge is -2.20. The number of carbonyl (C=O) groups is 2. The number of piperidine rings is 1. The highest BCUT2D eigenvalue weighted by atomic mass is 79.9. The topological polar surface area (TPSA) is 64.0 Å². The number of rotatable bonds is 3. The lowest BCUT2D eigenvalue weighted by atomic mass is 9.93. The van der Waals surface area contributed by atoms with Gasteiger partial charge in [-0.05, 0) is 28.8 Å². The molecule has 1 N–H and O–H groups in total. The first kappa shape index (κ1) is 13.3. The Labute approximate surface area is 114 Å². The van der Waals surface area contributed by atoms with Gasteiger partial charge in [-0.2, -0.15) is 5.10 Å². The van der Waals surface area contributed by atoms with E-state index >= 15 is 0 Å². The van der Waals surface area contributed by atoms with Gasteiger partial charge in [0.1, 0.15) is 0 Å². The monoisotopic (exact) mass is 313 g/mol. The fraction of sp³-hybridized carbons (Fsp3) is 0.583. The van der Waals surface area contributed by atoms with E-state index in [9.17, 15) is 9.59 Å². The Morgan fingerprint density at radius 1 is 1.50 bits per heavy atom. The predicted molar refractivity (Wildman–Crippen MR) is 69.9 cm³/mol. The van der Waals surface area contributed by atoms with Gasteiger partial charge in [-0.15, -0.1) is 0 Å². The van der Waals surface area contributed by atoms with Gasteiger partial charge in [-0.3, -0.25) is 19.6 Å². The zero-order valence-electron chi connectivity index (χ0n) is 10.5. The molecule has 1 fully saturated rings. The molecule has 0 bridgehead atoms. The smallest absolute Gasteiger partial charge is 0.230 e. The van der Waals surface area contributed by atoms with Crippen molar-refractivity contribution in [3.63, 3.8) is 0 Å². The molecule has 1 saturated heterocycles. The van der Waals surface area contributed by atoms with Crippen molar-refractivity contribution in [1.82, 2.24) is 15.1 Å². The van der Waals surface area contributed by atoms with E-state index in [1.807, 2.05) is 18.7 Å². The van der Waals surface area contributed by atoms with Crippen LogP contribution < -0.4 is 5.32 Å². The average Bonchev–Trinajstić information content (AvgIpc) is 2.59. The Bertz CT molecular complexity index is 496. The minimum Gasteiger partial charge on any atom is -0.296 e. The van der Waals surface area contributed by atoms with Crippen LogP contribution in [0.4, 0.5) is 0 Å². The molecule has 5 nitrogen and oxygen atoms in total. The lowest BCUT2D eigenvalue weighted by Crippen LogP contribution is -2.41. The van der Waals surface area contributed by atoms with Crippen LogP contribution in [-0.2, 0) is 29.5 Å². The predicted octanol–water partition coefficient (Wildman–Crippen LogP) is 1.34. The van der Waals surface area contributed by atoms with Crippen molar-refractivity contribution >= 4 is 27.7 Å². The second kappa shape index (κ2) is 5.22. The molecule has 1 aromatic rings. The molecule has 1 aromatic heterocycles. The quantitative estimate of drug-likeness (QED) is 0.857. The summed E-state index contributed by atoms with van der Waals surface area (Å²) >= 11 is 3.54.